The van der Waals surface area contributed by atoms with E-state index in [-0.39, 0.29) is 30.6 Å². The molecule has 0 bridgehead atoms. The maximum atomic E-state index is 11.6. The van der Waals surface area contributed by atoms with Crippen molar-refractivity contribution in [3.8, 4) is 0 Å². The van der Waals surface area contributed by atoms with Crippen LogP contribution in [0.15, 0.2) is 67.0 Å². The quantitative estimate of drug-likeness (QED) is 0.252. The molecular weight excluding hydrogens is 452 g/mol. The predicted molar refractivity (Wildman–Crippen MR) is 127 cm³/mol. The SMILES string of the molecule is Nc1nc(N)c2ncn([C@@H]3O[C@H](COCC(O)(c4ccccc4)c4ccccc4)[C@@H](O)[C@H]3O)c2n1. The van der Waals surface area contributed by atoms with Gasteiger partial charge in [0.2, 0.25) is 5.95 Å². The van der Waals surface area contributed by atoms with Crippen molar-refractivity contribution in [2.75, 3.05) is 24.7 Å². The molecule has 0 unspecified atom stereocenters. The number of ether oxygens (including phenoxy) is 2. The van der Waals surface area contributed by atoms with E-state index in [1.54, 1.807) is 0 Å². The minimum absolute atomic E-state index is 0.0502. The zero-order valence-corrected chi connectivity index (χ0v) is 18.7. The van der Waals surface area contributed by atoms with Gasteiger partial charge in [-0.05, 0) is 11.1 Å². The van der Waals surface area contributed by atoms with Crippen molar-refractivity contribution in [2.45, 2.75) is 30.1 Å². The van der Waals surface area contributed by atoms with Gasteiger partial charge >= 0.3 is 0 Å². The highest BCUT2D eigenvalue weighted by Crippen LogP contribution is 2.34. The number of hydrogen-bond acceptors (Lipinski definition) is 10. The highest BCUT2D eigenvalue weighted by atomic mass is 16.6. The molecule has 2 aromatic heterocycles. The molecule has 1 fully saturated rings. The number of nitrogens with zero attached hydrogens (tertiary/aromatic N) is 4. The van der Waals surface area contributed by atoms with Gasteiger partial charge in [0.05, 0.1) is 19.5 Å². The number of fused-ring (bicyclic) bond motifs is 1. The molecule has 182 valence electrons. The average Bonchev–Trinajstić information content (AvgIpc) is 3.41. The predicted octanol–water partition coefficient (Wildman–Crippen LogP) is 0.563. The van der Waals surface area contributed by atoms with Gasteiger partial charge < -0.3 is 36.3 Å². The van der Waals surface area contributed by atoms with Gasteiger partial charge in [-0.15, -0.1) is 0 Å². The third kappa shape index (κ3) is 4.20. The van der Waals surface area contributed by atoms with Crippen molar-refractivity contribution in [1.82, 2.24) is 19.5 Å². The van der Waals surface area contributed by atoms with E-state index in [9.17, 15) is 15.3 Å². The highest BCUT2D eigenvalue weighted by Gasteiger charge is 2.45. The Morgan fingerprint density at radius 1 is 0.943 bits per heavy atom. The summed E-state index contributed by atoms with van der Waals surface area (Å²) in [6.07, 6.45) is -3.03. The molecule has 11 heteroatoms. The molecule has 0 saturated carbocycles. The fourth-order valence-electron chi connectivity index (χ4n) is 4.32. The van der Waals surface area contributed by atoms with Crippen LogP contribution in [0, 0.1) is 0 Å². The fourth-order valence-corrected chi connectivity index (χ4v) is 4.32. The van der Waals surface area contributed by atoms with E-state index in [2.05, 4.69) is 15.0 Å². The maximum Gasteiger partial charge on any atom is 0.224 e. The van der Waals surface area contributed by atoms with E-state index in [1.165, 1.54) is 10.9 Å². The topological polar surface area (TPSA) is 175 Å². The van der Waals surface area contributed by atoms with Crippen LogP contribution in [0.4, 0.5) is 11.8 Å². The van der Waals surface area contributed by atoms with Gasteiger partial charge in [-0.1, -0.05) is 60.7 Å². The van der Waals surface area contributed by atoms with Crippen molar-refractivity contribution in [3.05, 3.63) is 78.1 Å². The molecule has 35 heavy (non-hydrogen) atoms. The van der Waals surface area contributed by atoms with Crippen molar-refractivity contribution in [1.29, 1.82) is 0 Å². The highest BCUT2D eigenvalue weighted by molar-refractivity contribution is 5.82. The first-order valence-electron chi connectivity index (χ1n) is 11.1. The Kier molecular flexibility index (Phi) is 6.09. The number of nitrogens with two attached hydrogens (primary N) is 2. The molecule has 3 heterocycles. The van der Waals surface area contributed by atoms with Gasteiger partial charge in [0.1, 0.15) is 29.4 Å². The van der Waals surface area contributed by atoms with Crippen molar-refractivity contribution >= 4 is 22.9 Å². The number of aliphatic hydroxyl groups excluding tert-OH is 2. The molecule has 1 saturated heterocycles. The Hall–Kier alpha value is -3.61. The normalized spacial score (nSPS) is 22.6. The minimum atomic E-state index is -1.42. The average molecular weight is 479 g/mol. The summed E-state index contributed by atoms with van der Waals surface area (Å²) in [5.74, 6) is 0.0473. The molecule has 0 amide bonds. The van der Waals surface area contributed by atoms with Crippen LogP contribution in [0.25, 0.3) is 11.2 Å². The first kappa shape index (κ1) is 23.1. The molecular formula is C24H26N6O5. The first-order chi connectivity index (χ1) is 16.9. The third-order valence-corrected chi connectivity index (χ3v) is 6.17. The summed E-state index contributed by atoms with van der Waals surface area (Å²) in [5.41, 5.74) is 12.0. The smallest absolute Gasteiger partial charge is 0.224 e. The molecule has 4 atom stereocenters. The molecule has 11 nitrogen and oxygen atoms in total. The molecule has 0 spiro atoms. The molecule has 2 aromatic carbocycles. The summed E-state index contributed by atoms with van der Waals surface area (Å²) in [5, 5.41) is 32.9. The number of imidazole rings is 1. The van der Waals surface area contributed by atoms with Crippen LogP contribution in [-0.4, -0.2) is 66.4 Å². The molecule has 0 radical (unpaired) electrons. The Morgan fingerprint density at radius 2 is 1.57 bits per heavy atom. The van der Waals surface area contributed by atoms with Crippen molar-refractivity contribution in [3.63, 3.8) is 0 Å². The summed E-state index contributed by atoms with van der Waals surface area (Å²) in [7, 11) is 0. The monoisotopic (exact) mass is 478 g/mol. The van der Waals surface area contributed by atoms with Gasteiger partial charge in [-0.2, -0.15) is 9.97 Å². The minimum Gasteiger partial charge on any atom is -0.387 e. The molecule has 1 aliphatic rings. The van der Waals surface area contributed by atoms with Crippen LogP contribution in [0.1, 0.15) is 17.4 Å². The van der Waals surface area contributed by atoms with Crippen LogP contribution in [0.2, 0.25) is 0 Å². The van der Waals surface area contributed by atoms with E-state index < -0.39 is 30.1 Å². The van der Waals surface area contributed by atoms with Gasteiger partial charge in [-0.3, -0.25) is 4.57 Å². The number of rotatable bonds is 7. The van der Waals surface area contributed by atoms with Crippen LogP contribution in [0.5, 0.6) is 0 Å². The van der Waals surface area contributed by atoms with Crippen molar-refractivity contribution in [2.24, 2.45) is 0 Å². The summed E-state index contributed by atoms with van der Waals surface area (Å²) >= 11 is 0. The Balaban J connectivity index is 1.33. The Bertz CT molecular complexity index is 1260. The molecule has 0 aliphatic carbocycles. The van der Waals surface area contributed by atoms with E-state index in [0.717, 1.165) is 0 Å². The largest absolute Gasteiger partial charge is 0.387 e. The van der Waals surface area contributed by atoms with Crippen molar-refractivity contribution < 1.29 is 24.8 Å². The van der Waals surface area contributed by atoms with Crippen LogP contribution in [-0.2, 0) is 15.1 Å². The van der Waals surface area contributed by atoms with Gasteiger partial charge in [0.25, 0.3) is 0 Å². The van der Waals surface area contributed by atoms with Crippen LogP contribution in [0.3, 0.4) is 0 Å². The van der Waals surface area contributed by atoms with E-state index >= 15 is 0 Å². The third-order valence-electron chi connectivity index (χ3n) is 6.17. The summed E-state index contributed by atoms with van der Waals surface area (Å²) in [6, 6.07) is 18.4. The lowest BCUT2D eigenvalue weighted by molar-refractivity contribution is -0.0896. The van der Waals surface area contributed by atoms with Crippen LogP contribution < -0.4 is 11.5 Å². The van der Waals surface area contributed by atoms with E-state index in [1.807, 2.05) is 60.7 Å². The standard InChI is InChI=1S/C24H26N6O5/c25-20-17-21(29-23(26)28-20)30(13-27-17)22-19(32)18(31)16(35-22)11-34-12-24(33,14-7-3-1-4-8-14)15-9-5-2-6-10-15/h1-10,13,16,18-19,22,31-33H,11-12H2,(H4,25,26,28,29)/t16-,18-,19-,22-/m1/s1. The number of benzene rings is 2. The molecule has 1 aliphatic heterocycles. The van der Waals surface area contributed by atoms with Gasteiger partial charge in [0, 0.05) is 0 Å². The molecule has 4 aromatic rings. The molecule has 7 N–H and O–H groups in total. The lowest BCUT2D eigenvalue weighted by Gasteiger charge is -2.30. The second-order valence-corrected chi connectivity index (χ2v) is 8.44. The number of aliphatic hydroxyl groups is 3. The lowest BCUT2D eigenvalue weighted by Crippen LogP contribution is -2.37. The number of hydrogen-bond donors (Lipinski definition) is 5. The van der Waals surface area contributed by atoms with E-state index in [4.69, 9.17) is 20.9 Å². The fraction of sp³-hybridized carbons (Fsp3) is 0.292. The number of anilines is 2. The zero-order chi connectivity index (χ0) is 24.6. The Labute approximate surface area is 200 Å². The zero-order valence-electron chi connectivity index (χ0n) is 18.7. The van der Waals surface area contributed by atoms with Gasteiger partial charge in [0.15, 0.2) is 17.7 Å². The summed E-state index contributed by atoms with van der Waals surface area (Å²) in [6.45, 7) is -0.175. The second-order valence-electron chi connectivity index (χ2n) is 8.44. The summed E-state index contributed by atoms with van der Waals surface area (Å²) in [4.78, 5) is 12.2. The van der Waals surface area contributed by atoms with E-state index in [0.29, 0.717) is 16.6 Å². The molecule has 5 rings (SSSR count). The first-order valence-corrected chi connectivity index (χ1v) is 11.1. The second kappa shape index (κ2) is 9.21. The maximum absolute atomic E-state index is 11.6. The van der Waals surface area contributed by atoms with Gasteiger partial charge in [-0.25, -0.2) is 4.98 Å². The Morgan fingerprint density at radius 3 is 2.20 bits per heavy atom. The summed E-state index contributed by atoms with van der Waals surface area (Å²) < 4.78 is 13.2. The lowest BCUT2D eigenvalue weighted by atomic mass is 9.87. The van der Waals surface area contributed by atoms with Crippen LogP contribution >= 0.6 is 0 Å². The number of aromatic nitrogens is 4. The number of nitrogen functional groups attached to an aromatic ring is 2.